The molecule has 3 N–H and O–H groups in total. The third kappa shape index (κ3) is 4.39. The Balaban J connectivity index is 1.19. The number of fused-ring (bicyclic) bond motifs is 2. The fraction of sp³-hybridized carbons (Fsp3) is 0.0667. The number of ketones is 1. The molecule has 8 heteroatoms. The van der Waals surface area contributed by atoms with Gasteiger partial charge in [-0.25, -0.2) is 9.97 Å². The number of carbonyl (C=O) groups is 2. The maximum absolute atomic E-state index is 13.1. The Morgan fingerprint density at radius 2 is 1.63 bits per heavy atom. The van der Waals surface area contributed by atoms with E-state index in [1.165, 1.54) is 6.33 Å². The highest BCUT2D eigenvalue weighted by Gasteiger charge is 2.18. The number of amides is 1. The number of nitrogens with zero attached hydrogens (tertiary/aromatic N) is 3. The van der Waals surface area contributed by atoms with Crippen LogP contribution in [0.4, 0.5) is 17.2 Å². The Morgan fingerprint density at radius 3 is 2.45 bits per heavy atom. The molecule has 0 saturated heterocycles. The number of aromatic nitrogens is 4. The minimum atomic E-state index is -0.112. The van der Waals surface area contributed by atoms with E-state index in [0.717, 1.165) is 22.2 Å². The van der Waals surface area contributed by atoms with Gasteiger partial charge in [0.15, 0.2) is 5.78 Å². The number of benzene rings is 3. The van der Waals surface area contributed by atoms with Crippen LogP contribution in [0.25, 0.3) is 21.9 Å². The van der Waals surface area contributed by atoms with Crippen LogP contribution in [0.15, 0.2) is 97.6 Å². The molecule has 0 atom stereocenters. The van der Waals surface area contributed by atoms with Crippen LogP contribution in [0, 0.1) is 0 Å². The van der Waals surface area contributed by atoms with E-state index in [4.69, 9.17) is 0 Å². The lowest BCUT2D eigenvalue weighted by atomic mass is 10.0. The molecule has 0 aliphatic rings. The zero-order valence-corrected chi connectivity index (χ0v) is 20.6. The zero-order valence-electron chi connectivity index (χ0n) is 20.6. The lowest BCUT2D eigenvalue weighted by Gasteiger charge is -2.10. The average molecular weight is 501 g/mol. The Kier molecular flexibility index (Phi) is 5.89. The number of anilines is 3. The number of para-hydroxylation sites is 1. The number of H-pyrrole nitrogens is 1. The maximum atomic E-state index is 13.1. The summed E-state index contributed by atoms with van der Waals surface area (Å²) in [4.78, 5) is 37.6. The summed E-state index contributed by atoms with van der Waals surface area (Å²) in [5.74, 6) is 0.318. The van der Waals surface area contributed by atoms with Crippen molar-refractivity contribution in [3.05, 3.63) is 114 Å². The second-order valence-electron chi connectivity index (χ2n) is 9.05. The summed E-state index contributed by atoms with van der Waals surface area (Å²) in [6.45, 7) is 0. The standard InChI is InChI=1S/C30H24N6O2/c1-36-17-20(23-9-5-6-10-25(23)36)15-26(37)34-21-11-13-22(14-12-21)35-30-27-24(16-31-29(27)32-18-33-30)28(38)19-7-3-2-4-8-19/h2-14,16-18H,15H2,1H3,(H,34,37)(H2,31,32,33,35). The molecule has 8 nitrogen and oxygen atoms in total. The van der Waals surface area contributed by atoms with Gasteiger partial charge in [0.25, 0.3) is 0 Å². The van der Waals surface area contributed by atoms with Gasteiger partial charge in [0.05, 0.1) is 17.4 Å². The largest absolute Gasteiger partial charge is 0.350 e. The Labute approximate surface area is 218 Å². The van der Waals surface area contributed by atoms with Crippen molar-refractivity contribution in [2.45, 2.75) is 6.42 Å². The van der Waals surface area contributed by atoms with Gasteiger partial charge in [-0.2, -0.15) is 0 Å². The summed E-state index contributed by atoms with van der Waals surface area (Å²) in [5.41, 5.74) is 5.18. The molecular formula is C30H24N6O2. The van der Waals surface area contributed by atoms with Crippen LogP contribution in [-0.2, 0) is 18.3 Å². The van der Waals surface area contributed by atoms with Gasteiger partial charge >= 0.3 is 0 Å². The van der Waals surface area contributed by atoms with Gasteiger partial charge in [0.1, 0.15) is 17.8 Å². The van der Waals surface area contributed by atoms with Gasteiger partial charge < -0.3 is 20.2 Å². The molecule has 3 heterocycles. The zero-order chi connectivity index (χ0) is 26.1. The molecule has 0 unspecified atom stereocenters. The van der Waals surface area contributed by atoms with E-state index in [1.54, 1.807) is 18.3 Å². The topological polar surface area (TPSA) is 105 Å². The van der Waals surface area contributed by atoms with E-state index in [9.17, 15) is 9.59 Å². The fourth-order valence-electron chi connectivity index (χ4n) is 4.70. The summed E-state index contributed by atoms with van der Waals surface area (Å²) in [6, 6.07) is 24.5. The lowest BCUT2D eigenvalue weighted by molar-refractivity contribution is -0.115. The monoisotopic (exact) mass is 500 g/mol. The normalized spacial score (nSPS) is 11.1. The summed E-state index contributed by atoms with van der Waals surface area (Å²) in [7, 11) is 1.98. The van der Waals surface area contributed by atoms with Gasteiger partial charge in [0.2, 0.25) is 5.91 Å². The average Bonchev–Trinajstić information content (AvgIpc) is 3.52. The van der Waals surface area contributed by atoms with Crippen LogP contribution >= 0.6 is 0 Å². The van der Waals surface area contributed by atoms with Gasteiger partial charge in [0, 0.05) is 47.3 Å². The minimum absolute atomic E-state index is 0.0871. The number of aromatic amines is 1. The third-order valence-corrected chi connectivity index (χ3v) is 6.51. The smallest absolute Gasteiger partial charge is 0.228 e. The molecule has 0 saturated carbocycles. The summed E-state index contributed by atoms with van der Waals surface area (Å²) in [5, 5.41) is 7.95. The minimum Gasteiger partial charge on any atom is -0.350 e. The first-order valence-electron chi connectivity index (χ1n) is 12.2. The van der Waals surface area contributed by atoms with E-state index < -0.39 is 0 Å². The van der Waals surface area contributed by atoms with Crippen LogP contribution in [0.2, 0.25) is 0 Å². The van der Waals surface area contributed by atoms with Crippen LogP contribution < -0.4 is 10.6 Å². The first-order chi connectivity index (χ1) is 18.6. The maximum Gasteiger partial charge on any atom is 0.228 e. The van der Waals surface area contributed by atoms with Crippen molar-refractivity contribution in [2.75, 3.05) is 10.6 Å². The summed E-state index contributed by atoms with van der Waals surface area (Å²) < 4.78 is 2.03. The van der Waals surface area contributed by atoms with Crippen molar-refractivity contribution < 1.29 is 9.59 Å². The predicted molar refractivity (Wildman–Crippen MR) is 149 cm³/mol. The van der Waals surface area contributed by atoms with E-state index in [-0.39, 0.29) is 18.1 Å². The van der Waals surface area contributed by atoms with Crippen LogP contribution in [-0.4, -0.2) is 31.2 Å². The Morgan fingerprint density at radius 1 is 0.895 bits per heavy atom. The van der Waals surface area contributed by atoms with E-state index in [2.05, 4.69) is 25.6 Å². The van der Waals surface area contributed by atoms with Crippen molar-refractivity contribution in [1.82, 2.24) is 19.5 Å². The number of hydrogen-bond acceptors (Lipinski definition) is 5. The first kappa shape index (κ1) is 23.2. The molecular weight excluding hydrogens is 476 g/mol. The van der Waals surface area contributed by atoms with E-state index in [0.29, 0.717) is 33.7 Å². The second-order valence-corrected chi connectivity index (χ2v) is 9.05. The van der Waals surface area contributed by atoms with Gasteiger partial charge in [-0.15, -0.1) is 0 Å². The fourth-order valence-corrected chi connectivity index (χ4v) is 4.70. The molecule has 0 aliphatic carbocycles. The molecule has 186 valence electrons. The first-order valence-corrected chi connectivity index (χ1v) is 12.2. The molecule has 0 fully saturated rings. The summed E-state index contributed by atoms with van der Waals surface area (Å²) >= 11 is 0. The Hall–Kier alpha value is -5.24. The summed E-state index contributed by atoms with van der Waals surface area (Å²) in [6.07, 6.45) is 5.39. The van der Waals surface area contributed by atoms with Gasteiger partial charge in [-0.05, 0) is 35.9 Å². The molecule has 0 bridgehead atoms. The highest BCUT2D eigenvalue weighted by Crippen LogP contribution is 2.28. The van der Waals surface area contributed by atoms with Gasteiger partial charge in [-0.3, -0.25) is 9.59 Å². The Bertz CT molecular complexity index is 1790. The molecule has 3 aromatic heterocycles. The quantitative estimate of drug-likeness (QED) is 0.247. The molecule has 38 heavy (non-hydrogen) atoms. The number of rotatable bonds is 7. The molecule has 6 rings (SSSR count). The molecule has 6 aromatic rings. The number of hydrogen-bond donors (Lipinski definition) is 3. The van der Waals surface area contributed by atoms with Crippen molar-refractivity contribution in [3.63, 3.8) is 0 Å². The number of nitrogens with one attached hydrogen (secondary N) is 3. The van der Waals surface area contributed by atoms with Crippen molar-refractivity contribution >= 4 is 50.8 Å². The highest BCUT2D eigenvalue weighted by molar-refractivity contribution is 6.18. The number of carbonyl (C=O) groups excluding carboxylic acids is 2. The molecule has 0 spiro atoms. The van der Waals surface area contributed by atoms with Crippen LogP contribution in [0.3, 0.4) is 0 Å². The molecule has 1 amide bonds. The van der Waals surface area contributed by atoms with Crippen molar-refractivity contribution in [2.24, 2.45) is 7.05 Å². The van der Waals surface area contributed by atoms with Gasteiger partial charge in [-0.1, -0.05) is 48.5 Å². The van der Waals surface area contributed by atoms with Crippen molar-refractivity contribution in [3.8, 4) is 0 Å². The van der Waals surface area contributed by atoms with E-state index in [1.807, 2.05) is 84.5 Å². The molecule has 0 aliphatic heterocycles. The van der Waals surface area contributed by atoms with Crippen LogP contribution in [0.1, 0.15) is 21.5 Å². The van der Waals surface area contributed by atoms with Crippen molar-refractivity contribution in [1.29, 1.82) is 0 Å². The number of aryl methyl sites for hydroxylation is 1. The van der Waals surface area contributed by atoms with E-state index >= 15 is 0 Å². The third-order valence-electron chi connectivity index (χ3n) is 6.51. The SMILES string of the molecule is Cn1cc(CC(=O)Nc2ccc(Nc3ncnc4[nH]cc(C(=O)c5ccccc5)c34)cc2)c2ccccc21. The highest BCUT2D eigenvalue weighted by atomic mass is 16.1. The lowest BCUT2D eigenvalue weighted by Crippen LogP contribution is -2.14. The predicted octanol–water partition coefficient (Wildman–Crippen LogP) is 5.61. The second kappa shape index (κ2) is 9.67. The molecule has 3 aromatic carbocycles. The van der Waals surface area contributed by atoms with Crippen LogP contribution in [0.5, 0.6) is 0 Å². The molecule has 0 radical (unpaired) electrons.